The van der Waals surface area contributed by atoms with E-state index in [9.17, 15) is 0 Å². The van der Waals surface area contributed by atoms with E-state index in [4.69, 9.17) is 0 Å². The average molecular weight is 233 g/mol. The highest BCUT2D eigenvalue weighted by Gasteiger charge is 1.91. The molecule has 15 heavy (non-hydrogen) atoms. The summed E-state index contributed by atoms with van der Waals surface area (Å²) in [7, 11) is 0. The van der Waals surface area contributed by atoms with Gasteiger partial charge in [-0.1, -0.05) is 70.8 Å². The highest BCUT2D eigenvalue weighted by molar-refractivity contribution is 5.85. The van der Waals surface area contributed by atoms with Gasteiger partial charge in [-0.3, -0.25) is 0 Å². The van der Waals surface area contributed by atoms with Crippen molar-refractivity contribution in [3.05, 3.63) is 12.7 Å². The van der Waals surface area contributed by atoms with Gasteiger partial charge in [-0.05, 0) is 12.8 Å². The molecule has 0 bridgehead atoms. The van der Waals surface area contributed by atoms with Crippen LogP contribution in [-0.4, -0.2) is 0 Å². The molecule has 0 amide bonds. The molecule has 0 aromatic heterocycles. The van der Waals surface area contributed by atoms with E-state index in [2.05, 4.69) is 13.5 Å². The van der Waals surface area contributed by atoms with Crippen molar-refractivity contribution in [2.45, 2.75) is 77.6 Å². The number of hydrogen-bond donors (Lipinski definition) is 0. The maximum atomic E-state index is 3.74. The SMILES string of the molecule is C=CCCCCCCCCCCCC.Cl. The summed E-state index contributed by atoms with van der Waals surface area (Å²) in [6.45, 7) is 6.01. The molecule has 0 saturated carbocycles. The minimum Gasteiger partial charge on any atom is -0.147 e. The summed E-state index contributed by atoms with van der Waals surface area (Å²) in [5, 5.41) is 0. The lowest BCUT2D eigenvalue weighted by atomic mass is 10.1. The zero-order valence-electron chi connectivity index (χ0n) is 10.5. The van der Waals surface area contributed by atoms with Gasteiger partial charge < -0.3 is 0 Å². The molecule has 0 spiro atoms. The molecule has 0 N–H and O–H groups in total. The lowest BCUT2D eigenvalue weighted by Crippen LogP contribution is -1.81. The van der Waals surface area contributed by atoms with Crippen molar-refractivity contribution in [1.29, 1.82) is 0 Å². The Hall–Kier alpha value is 0.0300. The largest absolute Gasteiger partial charge is 0.147 e. The Labute approximate surface area is 103 Å². The predicted octanol–water partition coefficient (Wildman–Crippen LogP) is 5.91. The van der Waals surface area contributed by atoms with Gasteiger partial charge in [0.25, 0.3) is 0 Å². The molecule has 0 rings (SSSR count). The van der Waals surface area contributed by atoms with E-state index in [0.717, 1.165) is 0 Å². The van der Waals surface area contributed by atoms with Crippen molar-refractivity contribution in [3.63, 3.8) is 0 Å². The lowest BCUT2D eigenvalue weighted by Gasteiger charge is -2.00. The molecule has 0 fully saturated rings. The standard InChI is InChI=1S/C14H28.ClH/c1-3-5-7-9-11-13-14-12-10-8-6-4-2;/h3H,1,4-14H2,2H3;1H. The Morgan fingerprint density at radius 1 is 0.733 bits per heavy atom. The summed E-state index contributed by atoms with van der Waals surface area (Å²) in [5.41, 5.74) is 0. The fraction of sp³-hybridized carbons (Fsp3) is 0.857. The van der Waals surface area contributed by atoms with E-state index in [1.165, 1.54) is 70.6 Å². The molecule has 1 heteroatoms. The van der Waals surface area contributed by atoms with Crippen LogP contribution in [0.15, 0.2) is 12.7 Å². The molecule has 0 aliphatic carbocycles. The van der Waals surface area contributed by atoms with E-state index < -0.39 is 0 Å². The minimum atomic E-state index is 0. The topological polar surface area (TPSA) is 0 Å². The van der Waals surface area contributed by atoms with Crippen LogP contribution in [0.3, 0.4) is 0 Å². The Morgan fingerprint density at radius 2 is 1.13 bits per heavy atom. The van der Waals surface area contributed by atoms with Crippen LogP contribution in [0.1, 0.15) is 77.6 Å². The Bertz CT molecular complexity index is 110. The summed E-state index contributed by atoms with van der Waals surface area (Å²) in [6.07, 6.45) is 17.5. The van der Waals surface area contributed by atoms with Gasteiger partial charge >= 0.3 is 0 Å². The summed E-state index contributed by atoms with van der Waals surface area (Å²) in [4.78, 5) is 0. The maximum absolute atomic E-state index is 3.74. The molecule has 0 atom stereocenters. The van der Waals surface area contributed by atoms with Crippen molar-refractivity contribution >= 4 is 12.4 Å². The van der Waals surface area contributed by atoms with Gasteiger partial charge in [0.15, 0.2) is 0 Å². The second-order valence-electron chi connectivity index (χ2n) is 4.26. The van der Waals surface area contributed by atoms with Gasteiger partial charge in [-0.25, -0.2) is 0 Å². The third-order valence-electron chi connectivity index (χ3n) is 2.76. The van der Waals surface area contributed by atoms with Crippen LogP contribution in [0.25, 0.3) is 0 Å². The van der Waals surface area contributed by atoms with Crippen molar-refractivity contribution in [3.8, 4) is 0 Å². The normalized spacial score (nSPS) is 9.67. The molecule has 0 aliphatic rings. The van der Waals surface area contributed by atoms with Crippen LogP contribution in [0.5, 0.6) is 0 Å². The van der Waals surface area contributed by atoms with Gasteiger partial charge in [0.2, 0.25) is 0 Å². The van der Waals surface area contributed by atoms with Gasteiger partial charge in [0.1, 0.15) is 0 Å². The molecule has 0 aliphatic heterocycles. The van der Waals surface area contributed by atoms with Gasteiger partial charge in [0.05, 0.1) is 0 Å². The second-order valence-corrected chi connectivity index (χ2v) is 4.26. The molecule has 0 nitrogen and oxygen atoms in total. The maximum Gasteiger partial charge on any atom is -0.0353 e. The van der Waals surface area contributed by atoms with Crippen molar-refractivity contribution in [2.75, 3.05) is 0 Å². The Balaban J connectivity index is 0. The number of allylic oxidation sites excluding steroid dienone is 1. The molecule has 0 aromatic rings. The van der Waals surface area contributed by atoms with E-state index in [0.29, 0.717) is 0 Å². The van der Waals surface area contributed by atoms with E-state index in [1.54, 1.807) is 0 Å². The number of halogens is 1. The Kier molecular flexibility index (Phi) is 19.1. The first-order chi connectivity index (χ1) is 6.91. The van der Waals surface area contributed by atoms with E-state index in [-0.39, 0.29) is 12.4 Å². The zero-order chi connectivity index (χ0) is 10.5. The lowest BCUT2D eigenvalue weighted by molar-refractivity contribution is 0.558. The van der Waals surface area contributed by atoms with Gasteiger partial charge in [0, 0.05) is 0 Å². The smallest absolute Gasteiger partial charge is 0.0353 e. The zero-order valence-corrected chi connectivity index (χ0v) is 11.3. The summed E-state index contributed by atoms with van der Waals surface area (Å²) >= 11 is 0. The van der Waals surface area contributed by atoms with E-state index in [1.807, 2.05) is 6.08 Å². The van der Waals surface area contributed by atoms with Crippen LogP contribution in [0.4, 0.5) is 0 Å². The van der Waals surface area contributed by atoms with Crippen LogP contribution >= 0.6 is 12.4 Å². The first kappa shape index (κ1) is 17.4. The second kappa shape index (κ2) is 16.5. The molecule has 0 heterocycles. The van der Waals surface area contributed by atoms with Gasteiger partial charge in [-0.2, -0.15) is 0 Å². The third kappa shape index (κ3) is 16.7. The first-order valence-electron chi connectivity index (χ1n) is 6.52. The molecule has 0 saturated heterocycles. The van der Waals surface area contributed by atoms with Crippen LogP contribution in [0, 0.1) is 0 Å². The molecule has 0 aromatic carbocycles. The number of rotatable bonds is 11. The first-order valence-corrected chi connectivity index (χ1v) is 6.52. The minimum absolute atomic E-state index is 0. The molecular weight excluding hydrogens is 204 g/mol. The average Bonchev–Trinajstić information content (AvgIpc) is 2.21. The monoisotopic (exact) mass is 232 g/mol. The number of hydrogen-bond acceptors (Lipinski definition) is 0. The highest BCUT2D eigenvalue weighted by Crippen LogP contribution is 2.11. The van der Waals surface area contributed by atoms with Crippen LogP contribution < -0.4 is 0 Å². The third-order valence-corrected chi connectivity index (χ3v) is 2.76. The van der Waals surface area contributed by atoms with E-state index >= 15 is 0 Å². The summed E-state index contributed by atoms with van der Waals surface area (Å²) in [5.74, 6) is 0. The molecular formula is C14H29Cl. The predicted molar refractivity (Wildman–Crippen MR) is 73.9 cm³/mol. The highest BCUT2D eigenvalue weighted by atomic mass is 35.5. The summed E-state index contributed by atoms with van der Waals surface area (Å²) < 4.78 is 0. The summed E-state index contributed by atoms with van der Waals surface area (Å²) in [6, 6.07) is 0. The van der Waals surface area contributed by atoms with Crippen LogP contribution in [-0.2, 0) is 0 Å². The van der Waals surface area contributed by atoms with Crippen LogP contribution in [0.2, 0.25) is 0 Å². The number of unbranched alkanes of at least 4 members (excludes halogenated alkanes) is 10. The fourth-order valence-electron chi connectivity index (χ4n) is 1.78. The van der Waals surface area contributed by atoms with Crippen molar-refractivity contribution in [2.24, 2.45) is 0 Å². The molecule has 92 valence electrons. The Morgan fingerprint density at radius 3 is 1.53 bits per heavy atom. The molecule has 0 unspecified atom stereocenters. The van der Waals surface area contributed by atoms with Crippen molar-refractivity contribution < 1.29 is 0 Å². The molecule has 0 radical (unpaired) electrons. The van der Waals surface area contributed by atoms with Crippen molar-refractivity contribution in [1.82, 2.24) is 0 Å². The fourth-order valence-corrected chi connectivity index (χ4v) is 1.78. The van der Waals surface area contributed by atoms with Gasteiger partial charge in [-0.15, -0.1) is 19.0 Å². The quantitative estimate of drug-likeness (QED) is 0.307.